The lowest BCUT2D eigenvalue weighted by molar-refractivity contribution is 0.0858. The minimum Gasteiger partial charge on any atom is -0.294 e. The van der Waals surface area contributed by atoms with Crippen LogP contribution in [-0.2, 0) is 0 Å². The number of hydrogen-bond acceptors (Lipinski definition) is 1. The molecule has 0 bridgehead atoms. The van der Waals surface area contributed by atoms with E-state index in [-0.39, 0.29) is 16.6 Å². The highest BCUT2D eigenvalue weighted by Gasteiger charge is 2.22. The molecule has 24 heavy (non-hydrogen) atoms. The van der Waals surface area contributed by atoms with Gasteiger partial charge in [0.15, 0.2) is 5.78 Å². The van der Waals surface area contributed by atoms with E-state index >= 15 is 0 Å². The maximum atomic E-state index is 12.3. The van der Waals surface area contributed by atoms with Crippen LogP contribution in [0.15, 0.2) is 55.1 Å². The molecule has 0 aromatic heterocycles. The Balaban J connectivity index is 2.24. The maximum absolute atomic E-state index is 12.3. The zero-order valence-corrected chi connectivity index (χ0v) is 15.7. The fourth-order valence-corrected chi connectivity index (χ4v) is 2.54. The van der Waals surface area contributed by atoms with Gasteiger partial charge in [0.25, 0.3) is 0 Å². The topological polar surface area (TPSA) is 17.1 Å². The highest BCUT2D eigenvalue weighted by molar-refractivity contribution is 6.00. The Morgan fingerprint density at radius 1 is 0.667 bits per heavy atom. The molecule has 0 aliphatic carbocycles. The van der Waals surface area contributed by atoms with E-state index in [0.717, 1.165) is 22.3 Å². The van der Waals surface area contributed by atoms with E-state index in [1.807, 2.05) is 45.0 Å². The highest BCUT2D eigenvalue weighted by Crippen LogP contribution is 2.33. The van der Waals surface area contributed by atoms with Crippen LogP contribution in [0.2, 0.25) is 0 Å². The molecule has 0 atom stereocenters. The van der Waals surface area contributed by atoms with E-state index in [4.69, 9.17) is 0 Å². The van der Waals surface area contributed by atoms with E-state index in [9.17, 15) is 4.79 Å². The summed E-state index contributed by atoms with van der Waals surface area (Å²) in [6.45, 7) is 16.6. The van der Waals surface area contributed by atoms with Crippen LogP contribution in [0.4, 0.5) is 0 Å². The Labute approximate surface area is 146 Å². The average Bonchev–Trinajstić information content (AvgIpc) is 2.52. The Morgan fingerprint density at radius 2 is 1.04 bits per heavy atom. The molecule has 0 aliphatic heterocycles. The second kappa shape index (κ2) is 6.39. The molecule has 2 aromatic carbocycles. The molecule has 1 nitrogen and oxygen atoms in total. The van der Waals surface area contributed by atoms with Gasteiger partial charge in [0, 0.05) is 11.0 Å². The van der Waals surface area contributed by atoms with E-state index in [2.05, 4.69) is 51.6 Å². The van der Waals surface area contributed by atoms with Gasteiger partial charge in [-0.05, 0) is 27.7 Å². The van der Waals surface area contributed by atoms with Gasteiger partial charge in [0.05, 0.1) is 0 Å². The standard InChI is InChI=1S/C23H28O/c1-16(22(2,3)4)17-8-10-18(11-9-17)19-12-14-20(15-13-19)21(24)23(5,6)7/h8-15H,1H2,2-7H3. The van der Waals surface area contributed by atoms with E-state index < -0.39 is 0 Å². The van der Waals surface area contributed by atoms with Crippen molar-refractivity contribution in [1.29, 1.82) is 0 Å². The van der Waals surface area contributed by atoms with Crippen LogP contribution in [0.25, 0.3) is 16.7 Å². The van der Waals surface area contributed by atoms with Crippen LogP contribution in [0.3, 0.4) is 0 Å². The summed E-state index contributed by atoms with van der Waals surface area (Å²) in [6, 6.07) is 16.4. The smallest absolute Gasteiger partial charge is 0.168 e. The van der Waals surface area contributed by atoms with Crippen molar-refractivity contribution in [2.75, 3.05) is 0 Å². The molecule has 0 radical (unpaired) electrons. The zero-order valence-electron chi connectivity index (χ0n) is 15.7. The van der Waals surface area contributed by atoms with Gasteiger partial charge in [-0.15, -0.1) is 0 Å². The van der Waals surface area contributed by atoms with Crippen LogP contribution in [0, 0.1) is 10.8 Å². The third kappa shape index (κ3) is 4.03. The molecule has 0 unspecified atom stereocenters. The summed E-state index contributed by atoms with van der Waals surface area (Å²) in [4.78, 5) is 12.3. The molecule has 0 saturated carbocycles. The lowest BCUT2D eigenvalue weighted by Crippen LogP contribution is -2.19. The predicted octanol–water partition coefficient (Wildman–Crippen LogP) is 6.64. The van der Waals surface area contributed by atoms with Crippen LogP contribution >= 0.6 is 0 Å². The number of hydrogen-bond donors (Lipinski definition) is 0. The summed E-state index contributed by atoms with van der Waals surface area (Å²) in [7, 11) is 0. The second-order valence-corrected chi connectivity index (χ2v) is 8.46. The van der Waals surface area contributed by atoms with Gasteiger partial charge in [-0.3, -0.25) is 4.79 Å². The fraction of sp³-hybridized carbons (Fsp3) is 0.348. The quantitative estimate of drug-likeness (QED) is 0.579. The number of carbonyl (C=O) groups excluding carboxylic acids is 1. The van der Waals surface area contributed by atoms with E-state index in [0.29, 0.717) is 0 Å². The first-order valence-electron chi connectivity index (χ1n) is 8.45. The Kier molecular flexibility index (Phi) is 4.85. The summed E-state index contributed by atoms with van der Waals surface area (Å²) in [5.41, 5.74) is 5.06. The monoisotopic (exact) mass is 320 g/mol. The Morgan fingerprint density at radius 3 is 1.38 bits per heavy atom. The molecular formula is C23H28O. The first-order valence-corrected chi connectivity index (χ1v) is 8.45. The normalized spacial score (nSPS) is 12.1. The van der Waals surface area contributed by atoms with Gasteiger partial charge in [0.1, 0.15) is 0 Å². The van der Waals surface area contributed by atoms with Crippen molar-refractivity contribution in [3.63, 3.8) is 0 Å². The van der Waals surface area contributed by atoms with Crippen LogP contribution in [-0.4, -0.2) is 5.78 Å². The molecule has 126 valence electrons. The third-order valence-electron chi connectivity index (χ3n) is 4.30. The zero-order chi connectivity index (χ0) is 18.1. The van der Waals surface area contributed by atoms with Gasteiger partial charge in [-0.1, -0.05) is 96.7 Å². The molecule has 0 aliphatic rings. The maximum Gasteiger partial charge on any atom is 0.168 e. The van der Waals surface area contributed by atoms with Crippen LogP contribution in [0.5, 0.6) is 0 Å². The van der Waals surface area contributed by atoms with Crippen molar-refractivity contribution >= 4 is 11.4 Å². The first kappa shape index (κ1) is 18.2. The van der Waals surface area contributed by atoms with Crippen molar-refractivity contribution in [3.8, 4) is 11.1 Å². The first-order chi connectivity index (χ1) is 11.0. The molecule has 2 rings (SSSR count). The average molecular weight is 320 g/mol. The molecule has 0 saturated heterocycles. The number of rotatable bonds is 3. The van der Waals surface area contributed by atoms with Crippen LogP contribution in [0.1, 0.15) is 57.5 Å². The van der Waals surface area contributed by atoms with Crippen molar-refractivity contribution < 1.29 is 4.79 Å². The van der Waals surface area contributed by atoms with Crippen molar-refractivity contribution in [2.45, 2.75) is 41.5 Å². The second-order valence-electron chi connectivity index (χ2n) is 8.46. The molecular weight excluding hydrogens is 292 g/mol. The predicted molar refractivity (Wildman–Crippen MR) is 104 cm³/mol. The van der Waals surface area contributed by atoms with Gasteiger partial charge in [0.2, 0.25) is 0 Å². The highest BCUT2D eigenvalue weighted by atomic mass is 16.1. The molecule has 0 heterocycles. The minimum absolute atomic E-state index is 0.0660. The summed E-state index contributed by atoms with van der Waals surface area (Å²) in [5, 5.41) is 0. The van der Waals surface area contributed by atoms with Crippen molar-refractivity contribution in [2.24, 2.45) is 10.8 Å². The summed E-state index contributed by atoms with van der Waals surface area (Å²) >= 11 is 0. The molecule has 2 aromatic rings. The summed E-state index contributed by atoms with van der Waals surface area (Å²) in [5.74, 6) is 0.172. The van der Waals surface area contributed by atoms with Crippen LogP contribution < -0.4 is 0 Å². The number of carbonyl (C=O) groups is 1. The third-order valence-corrected chi connectivity index (χ3v) is 4.30. The lowest BCUT2D eigenvalue weighted by atomic mass is 9.83. The Hall–Kier alpha value is -2.15. The van der Waals surface area contributed by atoms with Gasteiger partial charge < -0.3 is 0 Å². The Bertz CT molecular complexity index is 665. The van der Waals surface area contributed by atoms with Gasteiger partial charge in [-0.25, -0.2) is 0 Å². The molecule has 0 spiro atoms. The summed E-state index contributed by atoms with van der Waals surface area (Å²) < 4.78 is 0. The lowest BCUT2D eigenvalue weighted by Gasteiger charge is -2.22. The molecule has 0 fully saturated rings. The number of ketones is 1. The number of benzene rings is 2. The minimum atomic E-state index is -0.351. The van der Waals surface area contributed by atoms with E-state index in [1.54, 1.807) is 0 Å². The van der Waals surface area contributed by atoms with Gasteiger partial charge >= 0.3 is 0 Å². The van der Waals surface area contributed by atoms with E-state index in [1.165, 1.54) is 5.56 Å². The molecule has 0 N–H and O–H groups in total. The molecule has 1 heteroatoms. The number of allylic oxidation sites excluding steroid dienone is 1. The van der Waals surface area contributed by atoms with Crippen molar-refractivity contribution in [1.82, 2.24) is 0 Å². The molecule has 0 amide bonds. The largest absolute Gasteiger partial charge is 0.294 e. The number of Topliss-reactive ketones (excluding diaryl/α,β-unsaturated/α-hetero) is 1. The summed E-state index contributed by atoms with van der Waals surface area (Å²) in [6.07, 6.45) is 0. The SMILES string of the molecule is C=C(c1ccc(-c2ccc(C(=O)C(C)(C)C)cc2)cc1)C(C)(C)C. The van der Waals surface area contributed by atoms with Crippen molar-refractivity contribution in [3.05, 3.63) is 66.2 Å². The van der Waals surface area contributed by atoms with Gasteiger partial charge in [-0.2, -0.15) is 0 Å². The fourth-order valence-electron chi connectivity index (χ4n) is 2.54.